The highest BCUT2D eigenvalue weighted by Gasteiger charge is 2.77. The normalized spacial score (nSPS) is 33.5. The third-order valence-corrected chi connectivity index (χ3v) is 10.2. The first-order chi connectivity index (χ1) is 16.3. The molecule has 3 unspecified atom stereocenters. The molecule has 0 saturated carbocycles. The zero-order chi connectivity index (χ0) is 24.6. The van der Waals surface area contributed by atoms with Crippen molar-refractivity contribution < 1.29 is 24.2 Å². The van der Waals surface area contributed by atoms with Crippen LogP contribution in [0.4, 0.5) is 0 Å². The van der Waals surface area contributed by atoms with E-state index in [1.54, 1.807) is 23.6 Å². The highest BCUT2D eigenvalue weighted by Crippen LogP contribution is 2.69. The highest BCUT2D eigenvalue weighted by atomic mass is 32.2. The van der Waals surface area contributed by atoms with E-state index in [4.69, 9.17) is 4.74 Å². The van der Waals surface area contributed by atoms with Gasteiger partial charge < -0.3 is 20.1 Å². The maximum absolute atomic E-state index is 14.1. The van der Waals surface area contributed by atoms with E-state index < -0.39 is 28.7 Å². The summed E-state index contributed by atoms with van der Waals surface area (Å²) < 4.78 is 4.68. The van der Waals surface area contributed by atoms with Gasteiger partial charge in [-0.1, -0.05) is 57.5 Å². The van der Waals surface area contributed by atoms with Crippen LogP contribution >= 0.6 is 11.8 Å². The molecule has 3 aliphatic rings. The molecule has 4 rings (SSSR count). The molecular formula is C26H36N2O5S. The van der Waals surface area contributed by atoms with E-state index in [-0.39, 0.29) is 48.1 Å². The zero-order valence-corrected chi connectivity index (χ0v) is 21.2. The Morgan fingerprint density at radius 3 is 2.62 bits per heavy atom. The van der Waals surface area contributed by atoms with Crippen LogP contribution in [0.2, 0.25) is 0 Å². The van der Waals surface area contributed by atoms with Gasteiger partial charge in [-0.2, -0.15) is 0 Å². The topological polar surface area (TPSA) is 95.9 Å². The summed E-state index contributed by atoms with van der Waals surface area (Å²) in [5, 5.41) is 13.4. The van der Waals surface area contributed by atoms with Gasteiger partial charge in [0.2, 0.25) is 11.8 Å². The maximum atomic E-state index is 14.1. The molecule has 1 aromatic carbocycles. The average molecular weight is 489 g/mol. The molecule has 3 aliphatic heterocycles. The molecule has 0 aromatic heterocycles. The largest absolute Gasteiger partial charge is 0.466 e. The Balaban J connectivity index is 1.74. The van der Waals surface area contributed by atoms with E-state index in [2.05, 4.69) is 12.2 Å². The molecule has 186 valence electrons. The van der Waals surface area contributed by atoms with Crippen LogP contribution < -0.4 is 5.32 Å². The summed E-state index contributed by atoms with van der Waals surface area (Å²) >= 11 is 1.63. The first kappa shape index (κ1) is 25.0. The van der Waals surface area contributed by atoms with E-state index in [0.717, 1.165) is 18.4 Å². The average Bonchev–Trinajstić information content (AvgIpc) is 3.43. The fourth-order valence-electron chi connectivity index (χ4n) is 6.32. The van der Waals surface area contributed by atoms with Gasteiger partial charge in [0.05, 0.1) is 35.8 Å². The summed E-state index contributed by atoms with van der Waals surface area (Å²) in [6, 6.07) is 8.44. The summed E-state index contributed by atoms with van der Waals surface area (Å²) in [7, 11) is 0. The number of nitrogens with one attached hydrogen (secondary N) is 1. The molecule has 0 aliphatic carbocycles. The van der Waals surface area contributed by atoms with Crippen LogP contribution in [0.25, 0.3) is 0 Å². The lowest BCUT2D eigenvalue weighted by molar-refractivity contribution is -0.154. The fraction of sp³-hybridized carbons (Fsp3) is 0.654. The van der Waals surface area contributed by atoms with Crippen molar-refractivity contribution in [1.82, 2.24) is 10.2 Å². The van der Waals surface area contributed by atoms with Gasteiger partial charge in [-0.15, -0.1) is 11.8 Å². The Labute approximate surface area is 206 Å². The van der Waals surface area contributed by atoms with E-state index >= 15 is 0 Å². The van der Waals surface area contributed by atoms with Gasteiger partial charge in [-0.05, 0) is 30.7 Å². The number of rotatable bonds is 9. The Morgan fingerprint density at radius 2 is 2.00 bits per heavy atom. The first-order valence-electron chi connectivity index (χ1n) is 12.4. The molecular weight excluding hydrogens is 452 g/mol. The molecule has 3 saturated heterocycles. The molecule has 1 spiro atoms. The van der Waals surface area contributed by atoms with E-state index in [9.17, 15) is 19.5 Å². The number of carbonyl (C=O) groups is 3. The second-order valence-electron chi connectivity index (χ2n) is 9.89. The van der Waals surface area contributed by atoms with Gasteiger partial charge in [-0.3, -0.25) is 14.4 Å². The van der Waals surface area contributed by atoms with Crippen LogP contribution in [0.15, 0.2) is 30.3 Å². The van der Waals surface area contributed by atoms with Crippen LogP contribution in [0.5, 0.6) is 0 Å². The van der Waals surface area contributed by atoms with Gasteiger partial charge in [-0.25, -0.2) is 0 Å². The fourth-order valence-corrected chi connectivity index (χ4v) is 8.71. The van der Waals surface area contributed by atoms with Crippen molar-refractivity contribution in [2.45, 2.75) is 69.2 Å². The lowest BCUT2D eigenvalue weighted by atomic mass is 9.66. The molecule has 8 heteroatoms. The molecule has 7 nitrogen and oxygen atoms in total. The van der Waals surface area contributed by atoms with Crippen molar-refractivity contribution in [2.75, 3.05) is 13.2 Å². The van der Waals surface area contributed by atoms with Crippen LogP contribution in [0.1, 0.15) is 46.1 Å². The van der Waals surface area contributed by atoms with Gasteiger partial charge >= 0.3 is 5.97 Å². The standard InChI is InChI=1S/C26H36N2O5S/c1-5-15(3)18(14-29)28-22(23(30)27-13-17-10-8-7-9-11-17)26-16(4)12-19(34-26)20(21(26)24(28)31)25(32)33-6-2/h7-11,15-16,18-22,29H,5-6,12-14H2,1-4H3,(H,27,30)/t15-,16?,18-,19+,20-,21-,22?,26?/m0/s1. The summed E-state index contributed by atoms with van der Waals surface area (Å²) in [5.74, 6) is -1.84. The van der Waals surface area contributed by atoms with Gasteiger partial charge in [0.1, 0.15) is 6.04 Å². The van der Waals surface area contributed by atoms with Crippen molar-refractivity contribution in [1.29, 1.82) is 0 Å². The summed E-state index contributed by atoms with van der Waals surface area (Å²) in [4.78, 5) is 42.6. The Morgan fingerprint density at radius 1 is 1.29 bits per heavy atom. The molecule has 1 aromatic rings. The van der Waals surface area contributed by atoms with Crippen molar-refractivity contribution in [2.24, 2.45) is 23.7 Å². The predicted octanol–water partition coefficient (Wildman–Crippen LogP) is 2.61. The zero-order valence-electron chi connectivity index (χ0n) is 20.4. The summed E-state index contributed by atoms with van der Waals surface area (Å²) in [6.07, 6.45) is 1.53. The van der Waals surface area contributed by atoms with Crippen molar-refractivity contribution in [3.63, 3.8) is 0 Å². The summed E-state index contributed by atoms with van der Waals surface area (Å²) in [5.41, 5.74) is 0.974. The number of nitrogens with zero attached hydrogens (tertiary/aromatic N) is 1. The quantitative estimate of drug-likeness (QED) is 0.519. The molecule has 3 fully saturated rings. The monoisotopic (exact) mass is 488 g/mol. The van der Waals surface area contributed by atoms with Crippen LogP contribution in [-0.4, -0.2) is 63.1 Å². The minimum atomic E-state index is -0.746. The lowest BCUT2D eigenvalue weighted by Crippen LogP contribution is -2.59. The van der Waals surface area contributed by atoms with Crippen LogP contribution in [0.3, 0.4) is 0 Å². The number of hydrogen-bond donors (Lipinski definition) is 2. The van der Waals surface area contributed by atoms with Crippen molar-refractivity contribution >= 4 is 29.5 Å². The molecule has 3 heterocycles. The SMILES string of the molecule is CCOC(=O)[C@@H]1[C@H]2C(=O)N([C@@H](CO)[C@@H](C)CC)C(C(=O)NCc3ccccc3)C23S[C@@H]1CC3C. The highest BCUT2D eigenvalue weighted by molar-refractivity contribution is 8.02. The number of hydrogen-bond acceptors (Lipinski definition) is 6. The molecule has 2 bridgehead atoms. The minimum absolute atomic E-state index is 0.00662. The maximum Gasteiger partial charge on any atom is 0.310 e. The van der Waals surface area contributed by atoms with Gasteiger partial charge in [0.25, 0.3) is 0 Å². The number of aliphatic hydroxyl groups is 1. The number of likely N-dealkylation sites (tertiary alicyclic amines) is 1. The van der Waals surface area contributed by atoms with Crippen LogP contribution in [-0.2, 0) is 25.7 Å². The molecule has 2 amide bonds. The second kappa shape index (κ2) is 9.90. The third kappa shape index (κ3) is 3.83. The van der Waals surface area contributed by atoms with E-state index in [1.165, 1.54) is 0 Å². The third-order valence-electron chi connectivity index (χ3n) is 8.15. The van der Waals surface area contributed by atoms with E-state index in [0.29, 0.717) is 6.54 Å². The Bertz CT molecular complexity index is 927. The van der Waals surface area contributed by atoms with Crippen molar-refractivity contribution in [3.05, 3.63) is 35.9 Å². The molecule has 2 N–H and O–H groups in total. The number of carbonyl (C=O) groups excluding carboxylic acids is 3. The minimum Gasteiger partial charge on any atom is -0.466 e. The smallest absolute Gasteiger partial charge is 0.310 e. The number of esters is 1. The van der Waals surface area contributed by atoms with Gasteiger partial charge in [0, 0.05) is 11.8 Å². The summed E-state index contributed by atoms with van der Waals surface area (Å²) in [6.45, 7) is 8.26. The van der Waals surface area contributed by atoms with E-state index in [1.807, 2.05) is 44.2 Å². The number of ether oxygens (including phenoxy) is 1. The molecule has 8 atom stereocenters. The molecule has 0 radical (unpaired) electrons. The number of amides is 2. The second-order valence-corrected chi connectivity index (χ2v) is 11.4. The van der Waals surface area contributed by atoms with Gasteiger partial charge in [0.15, 0.2) is 0 Å². The first-order valence-corrected chi connectivity index (χ1v) is 13.3. The van der Waals surface area contributed by atoms with Crippen LogP contribution in [0, 0.1) is 23.7 Å². The number of benzene rings is 1. The lowest BCUT2D eigenvalue weighted by Gasteiger charge is -2.41. The number of aliphatic hydroxyl groups excluding tert-OH is 1. The Kier molecular flexibility index (Phi) is 7.29. The van der Waals surface area contributed by atoms with Crippen molar-refractivity contribution in [3.8, 4) is 0 Å². The predicted molar refractivity (Wildman–Crippen MR) is 131 cm³/mol. The number of thioether (sulfide) groups is 1. The number of fused-ring (bicyclic) bond motifs is 1. The Hall–Kier alpha value is -2.06. The molecule has 34 heavy (non-hydrogen) atoms.